The Balaban J connectivity index is 5.28. The average molecular weight is 216 g/mol. The van der Waals surface area contributed by atoms with E-state index < -0.39 is 17.4 Å². The summed E-state index contributed by atoms with van der Waals surface area (Å²) in [5.41, 5.74) is -1.60. The van der Waals surface area contributed by atoms with E-state index in [1.807, 2.05) is 20.8 Å². The van der Waals surface area contributed by atoms with E-state index in [9.17, 15) is 19.8 Å². The second-order valence-corrected chi connectivity index (χ2v) is 3.85. The van der Waals surface area contributed by atoms with Crippen LogP contribution in [0.25, 0.3) is 0 Å². The van der Waals surface area contributed by atoms with Crippen LogP contribution in [0.4, 0.5) is 0 Å². The van der Waals surface area contributed by atoms with Gasteiger partial charge >= 0.3 is 11.9 Å². The lowest BCUT2D eigenvalue weighted by Gasteiger charge is -2.32. The summed E-state index contributed by atoms with van der Waals surface area (Å²) in [6, 6.07) is 0. The molecule has 0 aliphatic heterocycles. The van der Waals surface area contributed by atoms with Crippen molar-refractivity contribution in [1.82, 2.24) is 0 Å². The van der Waals surface area contributed by atoms with Crippen molar-refractivity contribution >= 4 is 11.9 Å². The van der Waals surface area contributed by atoms with Crippen LogP contribution in [-0.4, -0.2) is 22.2 Å². The summed E-state index contributed by atoms with van der Waals surface area (Å²) in [6.45, 7) is 5.48. The first-order valence-electron chi connectivity index (χ1n) is 5.44. The molecule has 15 heavy (non-hydrogen) atoms. The standard InChI is InChI=1S/C11H20O4/c1-4-7-11(9(12)13,10(14)15)8(5-2)6-3/h8H,4-7H2,1-3H3,(H,12,13)(H,14,15). The molecule has 0 atom stereocenters. The van der Waals surface area contributed by atoms with Crippen LogP contribution >= 0.6 is 0 Å². The number of carboxylic acid groups (broad SMARTS) is 2. The molecule has 0 fully saturated rings. The molecule has 0 saturated carbocycles. The fraction of sp³-hybridized carbons (Fsp3) is 0.818. The van der Waals surface area contributed by atoms with Crippen molar-refractivity contribution < 1.29 is 19.8 Å². The Hall–Kier alpha value is -1.06. The molecule has 0 aliphatic carbocycles. The van der Waals surface area contributed by atoms with Gasteiger partial charge in [0.1, 0.15) is 0 Å². The lowest BCUT2D eigenvalue weighted by atomic mass is 9.70. The molecule has 0 bridgehead atoms. The van der Waals surface area contributed by atoms with Crippen molar-refractivity contribution in [2.24, 2.45) is 11.3 Å². The van der Waals surface area contributed by atoms with Crippen molar-refractivity contribution in [3.05, 3.63) is 0 Å². The zero-order chi connectivity index (χ0) is 12.1. The number of aliphatic carboxylic acids is 2. The molecule has 88 valence electrons. The summed E-state index contributed by atoms with van der Waals surface area (Å²) >= 11 is 0. The maximum atomic E-state index is 11.2. The first kappa shape index (κ1) is 13.9. The third kappa shape index (κ3) is 2.49. The zero-order valence-electron chi connectivity index (χ0n) is 9.62. The van der Waals surface area contributed by atoms with Crippen LogP contribution in [0.2, 0.25) is 0 Å². The summed E-state index contributed by atoms with van der Waals surface area (Å²) in [7, 11) is 0. The third-order valence-electron chi connectivity index (χ3n) is 3.09. The van der Waals surface area contributed by atoms with E-state index in [4.69, 9.17) is 0 Å². The molecule has 0 saturated heterocycles. The van der Waals surface area contributed by atoms with E-state index in [-0.39, 0.29) is 12.3 Å². The Morgan fingerprint density at radius 3 is 1.67 bits per heavy atom. The van der Waals surface area contributed by atoms with Gasteiger partial charge in [0.05, 0.1) is 0 Å². The van der Waals surface area contributed by atoms with Crippen LogP contribution in [0, 0.1) is 11.3 Å². The average Bonchev–Trinajstić information content (AvgIpc) is 2.17. The highest BCUT2D eigenvalue weighted by atomic mass is 16.4. The molecule has 4 heteroatoms. The molecule has 0 amide bonds. The number of hydrogen-bond donors (Lipinski definition) is 2. The molecule has 0 aromatic carbocycles. The summed E-state index contributed by atoms with van der Waals surface area (Å²) in [6.07, 6.45) is 1.92. The minimum absolute atomic E-state index is 0.198. The van der Waals surface area contributed by atoms with Gasteiger partial charge in [-0.25, -0.2) is 0 Å². The number of carbonyl (C=O) groups is 2. The highest BCUT2D eigenvalue weighted by Crippen LogP contribution is 2.38. The van der Waals surface area contributed by atoms with Gasteiger partial charge in [-0.15, -0.1) is 0 Å². The number of hydrogen-bond acceptors (Lipinski definition) is 2. The summed E-state index contributed by atoms with van der Waals surface area (Å²) in [5.74, 6) is -2.71. The molecule has 0 unspecified atom stereocenters. The van der Waals surface area contributed by atoms with Crippen molar-refractivity contribution in [2.75, 3.05) is 0 Å². The van der Waals surface area contributed by atoms with E-state index in [1.165, 1.54) is 0 Å². The van der Waals surface area contributed by atoms with Crippen molar-refractivity contribution in [1.29, 1.82) is 0 Å². The fourth-order valence-electron chi connectivity index (χ4n) is 2.24. The van der Waals surface area contributed by atoms with Gasteiger partial charge in [0.2, 0.25) is 0 Å². The van der Waals surface area contributed by atoms with Crippen LogP contribution in [-0.2, 0) is 9.59 Å². The largest absolute Gasteiger partial charge is 0.480 e. The Kier molecular flexibility index (Phi) is 5.33. The van der Waals surface area contributed by atoms with E-state index in [2.05, 4.69) is 0 Å². The quantitative estimate of drug-likeness (QED) is 0.641. The van der Waals surface area contributed by atoms with Crippen LogP contribution in [0.15, 0.2) is 0 Å². The Morgan fingerprint density at radius 1 is 1.07 bits per heavy atom. The normalized spacial score (nSPS) is 11.7. The molecule has 0 heterocycles. The molecular weight excluding hydrogens is 196 g/mol. The van der Waals surface area contributed by atoms with Gasteiger partial charge in [0.25, 0.3) is 0 Å². The maximum Gasteiger partial charge on any atom is 0.321 e. The Labute approximate surface area is 90.3 Å². The second-order valence-electron chi connectivity index (χ2n) is 3.85. The van der Waals surface area contributed by atoms with Crippen LogP contribution in [0.3, 0.4) is 0 Å². The van der Waals surface area contributed by atoms with Gasteiger partial charge in [-0.1, -0.05) is 40.0 Å². The minimum atomic E-state index is -1.60. The zero-order valence-corrected chi connectivity index (χ0v) is 9.62. The van der Waals surface area contributed by atoms with E-state index >= 15 is 0 Å². The van der Waals surface area contributed by atoms with E-state index in [1.54, 1.807) is 0 Å². The van der Waals surface area contributed by atoms with Crippen LogP contribution in [0.5, 0.6) is 0 Å². The van der Waals surface area contributed by atoms with Gasteiger partial charge in [-0.3, -0.25) is 9.59 Å². The van der Waals surface area contributed by atoms with Crippen LogP contribution < -0.4 is 0 Å². The van der Waals surface area contributed by atoms with Crippen molar-refractivity contribution in [3.63, 3.8) is 0 Å². The molecule has 0 rings (SSSR count). The number of carboxylic acids is 2. The topological polar surface area (TPSA) is 74.6 Å². The summed E-state index contributed by atoms with van der Waals surface area (Å²) in [5, 5.41) is 18.4. The first-order chi connectivity index (χ1) is 6.97. The molecule has 2 N–H and O–H groups in total. The van der Waals surface area contributed by atoms with E-state index in [0.717, 1.165) is 0 Å². The Bertz CT molecular complexity index is 217. The molecule has 0 spiro atoms. The molecule has 0 aliphatic rings. The van der Waals surface area contributed by atoms with E-state index in [0.29, 0.717) is 19.3 Å². The van der Waals surface area contributed by atoms with Gasteiger partial charge in [0, 0.05) is 0 Å². The van der Waals surface area contributed by atoms with Gasteiger partial charge in [-0.2, -0.15) is 0 Å². The maximum absolute atomic E-state index is 11.2. The minimum Gasteiger partial charge on any atom is -0.480 e. The SMILES string of the molecule is CCCC(C(=O)O)(C(=O)O)C(CC)CC. The molecule has 4 nitrogen and oxygen atoms in total. The van der Waals surface area contributed by atoms with Gasteiger partial charge < -0.3 is 10.2 Å². The number of rotatable bonds is 7. The Morgan fingerprint density at radius 2 is 1.47 bits per heavy atom. The fourth-order valence-corrected chi connectivity index (χ4v) is 2.24. The molecule has 0 aromatic heterocycles. The molecule has 0 aromatic rings. The van der Waals surface area contributed by atoms with Crippen molar-refractivity contribution in [2.45, 2.75) is 46.5 Å². The third-order valence-corrected chi connectivity index (χ3v) is 3.09. The highest BCUT2D eigenvalue weighted by Gasteiger charge is 2.50. The lowest BCUT2D eigenvalue weighted by Crippen LogP contribution is -2.45. The van der Waals surface area contributed by atoms with Crippen molar-refractivity contribution in [3.8, 4) is 0 Å². The van der Waals surface area contributed by atoms with Gasteiger partial charge in [0.15, 0.2) is 5.41 Å². The first-order valence-corrected chi connectivity index (χ1v) is 5.44. The predicted octanol–water partition coefficient (Wildman–Crippen LogP) is 2.38. The second kappa shape index (κ2) is 5.73. The summed E-state index contributed by atoms with van der Waals surface area (Å²) < 4.78 is 0. The molecule has 0 radical (unpaired) electrons. The lowest BCUT2D eigenvalue weighted by molar-refractivity contribution is -0.170. The predicted molar refractivity (Wildman–Crippen MR) is 56.7 cm³/mol. The monoisotopic (exact) mass is 216 g/mol. The van der Waals surface area contributed by atoms with Gasteiger partial charge in [-0.05, 0) is 12.3 Å². The highest BCUT2D eigenvalue weighted by molar-refractivity contribution is 5.98. The summed E-state index contributed by atoms with van der Waals surface area (Å²) in [4.78, 5) is 22.5. The van der Waals surface area contributed by atoms with Crippen LogP contribution in [0.1, 0.15) is 46.5 Å². The smallest absolute Gasteiger partial charge is 0.321 e. The molecular formula is C11H20O4.